The maximum Gasteiger partial charge on any atom is 0.419 e. The normalized spacial score (nSPS) is 21.1. The Balaban J connectivity index is 1.80. The average Bonchev–Trinajstić information content (AvgIpc) is 2.90. The summed E-state index contributed by atoms with van der Waals surface area (Å²) in [5, 5.41) is 8.95. The molecule has 1 spiro atoms. The molecule has 1 aliphatic heterocycles. The Kier molecular flexibility index (Phi) is 5.13. The molecule has 2 fully saturated rings. The standard InChI is InChI=1S/C19H13F4IN4OS/c20-13-7-10(2-3-14(13)24)28-17(30)27(16(29)18(28)4-1-5-18)11-6-12(19(21,22)23)15(8-25)26-9-11/h6-7,9H,1-5H2. The Hall–Kier alpha value is -2.07. The number of thiocarbonyl (C=S) groups is 1. The number of aromatic nitrogens is 1. The lowest BCUT2D eigenvalue weighted by atomic mass is 9.75. The lowest BCUT2D eigenvalue weighted by Gasteiger charge is -2.44. The van der Waals surface area contributed by atoms with Crippen LogP contribution in [0, 0.1) is 11.3 Å². The number of hydrogen-bond donors (Lipinski definition) is 0. The number of alkyl halides is 3. The third-order valence-electron chi connectivity index (χ3n) is 5.58. The second-order valence-electron chi connectivity index (χ2n) is 7.23. The van der Waals surface area contributed by atoms with Crippen LogP contribution in [-0.2, 0) is 11.0 Å². The van der Waals surface area contributed by atoms with Gasteiger partial charge < -0.3 is 4.90 Å². The summed E-state index contributed by atoms with van der Waals surface area (Å²) in [6.07, 6.45) is 0.172. The molecule has 2 heterocycles. The van der Waals surface area contributed by atoms with Crippen molar-refractivity contribution < 1.29 is 22.4 Å². The molecule has 1 saturated heterocycles. The van der Waals surface area contributed by atoms with E-state index in [0.29, 0.717) is 41.0 Å². The number of allylic oxidation sites excluding steroid dienone is 4. The molecule has 0 radical (unpaired) electrons. The molecule has 0 unspecified atom stereocenters. The van der Waals surface area contributed by atoms with Crippen molar-refractivity contribution in [3.05, 3.63) is 44.7 Å². The summed E-state index contributed by atoms with van der Waals surface area (Å²) in [6.45, 7) is 0. The first kappa shape index (κ1) is 21.2. The number of nitriles is 1. The van der Waals surface area contributed by atoms with Gasteiger partial charge in [-0.3, -0.25) is 9.69 Å². The molecule has 0 bridgehead atoms. The highest BCUT2D eigenvalue weighted by Gasteiger charge is 2.60. The SMILES string of the molecule is N#Cc1ncc(N2C(=O)C3(CCC3)N(C3=CC(F)=C(I)CC3)C2=S)cc1C(F)(F)F. The fourth-order valence-corrected chi connectivity index (χ4v) is 4.87. The summed E-state index contributed by atoms with van der Waals surface area (Å²) in [7, 11) is 0. The van der Waals surface area contributed by atoms with Crippen molar-refractivity contribution in [1.29, 1.82) is 5.26 Å². The minimum atomic E-state index is -4.82. The van der Waals surface area contributed by atoms with Gasteiger partial charge in [0.15, 0.2) is 10.8 Å². The topological polar surface area (TPSA) is 60.2 Å². The largest absolute Gasteiger partial charge is 0.419 e. The molecule has 1 aromatic heterocycles. The van der Waals surface area contributed by atoms with Crippen molar-refractivity contribution >= 4 is 51.5 Å². The highest BCUT2D eigenvalue weighted by atomic mass is 127. The van der Waals surface area contributed by atoms with E-state index in [2.05, 4.69) is 4.98 Å². The van der Waals surface area contributed by atoms with E-state index in [-0.39, 0.29) is 10.8 Å². The van der Waals surface area contributed by atoms with Crippen LogP contribution in [0.25, 0.3) is 0 Å². The molecule has 1 saturated carbocycles. The summed E-state index contributed by atoms with van der Waals surface area (Å²) in [5.74, 6) is -0.858. The molecule has 0 N–H and O–H groups in total. The Bertz CT molecular complexity index is 1070. The van der Waals surface area contributed by atoms with E-state index in [1.54, 1.807) is 4.90 Å². The van der Waals surface area contributed by atoms with Crippen LogP contribution in [0.4, 0.5) is 23.2 Å². The van der Waals surface area contributed by atoms with Gasteiger partial charge in [-0.15, -0.1) is 0 Å². The van der Waals surface area contributed by atoms with E-state index in [9.17, 15) is 22.4 Å². The predicted octanol–water partition coefficient (Wildman–Crippen LogP) is 5.12. The van der Waals surface area contributed by atoms with Gasteiger partial charge in [-0.1, -0.05) is 0 Å². The third-order valence-corrected chi connectivity index (χ3v) is 7.00. The molecular weight excluding hydrogens is 535 g/mol. The highest BCUT2D eigenvalue weighted by molar-refractivity contribution is 14.1. The average molecular weight is 548 g/mol. The summed E-state index contributed by atoms with van der Waals surface area (Å²) in [4.78, 5) is 19.5. The van der Waals surface area contributed by atoms with Crippen molar-refractivity contribution in [3.8, 4) is 6.07 Å². The Morgan fingerprint density at radius 2 is 2.00 bits per heavy atom. The zero-order chi connectivity index (χ0) is 21.8. The number of anilines is 1. The van der Waals surface area contributed by atoms with Crippen molar-refractivity contribution in [2.45, 2.75) is 43.8 Å². The number of hydrogen-bond acceptors (Lipinski definition) is 4. The maximum atomic E-state index is 14.2. The number of rotatable bonds is 2. The number of halogens is 5. The number of pyridine rings is 1. The molecule has 30 heavy (non-hydrogen) atoms. The lowest BCUT2D eigenvalue weighted by Crippen LogP contribution is -2.54. The Labute approximate surface area is 188 Å². The van der Waals surface area contributed by atoms with Crippen LogP contribution >= 0.6 is 34.8 Å². The van der Waals surface area contributed by atoms with Crippen molar-refractivity contribution in [1.82, 2.24) is 9.88 Å². The monoisotopic (exact) mass is 548 g/mol. The first-order valence-electron chi connectivity index (χ1n) is 9.01. The fraction of sp³-hybridized carbons (Fsp3) is 0.368. The zero-order valence-corrected chi connectivity index (χ0v) is 18.2. The van der Waals surface area contributed by atoms with E-state index in [1.165, 1.54) is 12.1 Å². The van der Waals surface area contributed by atoms with Gasteiger partial charge in [0.1, 0.15) is 17.4 Å². The zero-order valence-electron chi connectivity index (χ0n) is 15.3. The molecule has 3 aliphatic rings. The molecule has 0 aromatic carbocycles. The lowest BCUT2D eigenvalue weighted by molar-refractivity contribution is -0.138. The van der Waals surface area contributed by atoms with E-state index < -0.39 is 34.7 Å². The summed E-state index contributed by atoms with van der Waals surface area (Å²) in [5.41, 5.74) is -2.66. The van der Waals surface area contributed by atoms with Crippen LogP contribution in [0.2, 0.25) is 0 Å². The second kappa shape index (κ2) is 7.26. The van der Waals surface area contributed by atoms with Gasteiger partial charge in [-0.05, 0) is 79.1 Å². The Morgan fingerprint density at radius 1 is 1.30 bits per heavy atom. The van der Waals surface area contributed by atoms with Crippen LogP contribution < -0.4 is 4.90 Å². The first-order chi connectivity index (χ1) is 14.1. The van der Waals surface area contributed by atoms with E-state index in [4.69, 9.17) is 17.5 Å². The molecule has 4 rings (SSSR count). The smallest absolute Gasteiger partial charge is 0.307 e. The molecule has 11 heteroatoms. The van der Waals surface area contributed by atoms with Gasteiger partial charge in [-0.25, -0.2) is 9.37 Å². The molecule has 1 amide bonds. The van der Waals surface area contributed by atoms with Gasteiger partial charge in [0.25, 0.3) is 5.91 Å². The van der Waals surface area contributed by atoms with Gasteiger partial charge in [0.2, 0.25) is 0 Å². The van der Waals surface area contributed by atoms with Gasteiger partial charge in [-0.2, -0.15) is 18.4 Å². The van der Waals surface area contributed by atoms with Crippen LogP contribution in [0.3, 0.4) is 0 Å². The quantitative estimate of drug-likeness (QED) is 0.292. The second-order valence-corrected chi connectivity index (χ2v) is 8.90. The van der Waals surface area contributed by atoms with Gasteiger partial charge in [0, 0.05) is 9.28 Å². The van der Waals surface area contributed by atoms with Crippen LogP contribution in [0.1, 0.15) is 43.4 Å². The summed E-state index contributed by atoms with van der Waals surface area (Å²) >= 11 is 7.41. The molecule has 156 valence electrons. The number of amides is 1. The van der Waals surface area contributed by atoms with Crippen LogP contribution in [0.15, 0.2) is 33.4 Å². The van der Waals surface area contributed by atoms with Crippen molar-refractivity contribution in [2.75, 3.05) is 4.90 Å². The molecule has 2 aliphatic carbocycles. The third kappa shape index (κ3) is 3.11. The summed E-state index contributed by atoms with van der Waals surface area (Å²) < 4.78 is 54.9. The fourth-order valence-electron chi connectivity index (χ4n) is 3.96. The van der Waals surface area contributed by atoms with Crippen LogP contribution in [-0.4, -0.2) is 26.4 Å². The highest BCUT2D eigenvalue weighted by Crippen LogP contribution is 2.49. The molecule has 1 aromatic rings. The minimum absolute atomic E-state index is 0.00436. The molecular formula is C19H13F4IN4OS. The van der Waals surface area contributed by atoms with Gasteiger partial charge >= 0.3 is 6.18 Å². The van der Waals surface area contributed by atoms with E-state index >= 15 is 0 Å². The van der Waals surface area contributed by atoms with Crippen LogP contribution in [0.5, 0.6) is 0 Å². The minimum Gasteiger partial charge on any atom is -0.307 e. The predicted molar refractivity (Wildman–Crippen MR) is 112 cm³/mol. The number of carbonyl (C=O) groups is 1. The number of nitrogens with zero attached hydrogens (tertiary/aromatic N) is 4. The summed E-state index contributed by atoms with van der Waals surface area (Å²) in [6, 6.07) is 2.13. The first-order valence-corrected chi connectivity index (χ1v) is 10.5. The van der Waals surface area contributed by atoms with E-state index in [1.807, 2.05) is 22.6 Å². The number of carbonyl (C=O) groups excluding carboxylic acids is 1. The maximum absolute atomic E-state index is 14.2. The van der Waals surface area contributed by atoms with Crippen molar-refractivity contribution in [3.63, 3.8) is 0 Å². The Morgan fingerprint density at radius 3 is 2.53 bits per heavy atom. The molecule has 5 nitrogen and oxygen atoms in total. The van der Waals surface area contributed by atoms with Gasteiger partial charge in [0.05, 0.1) is 17.4 Å². The van der Waals surface area contributed by atoms with E-state index in [0.717, 1.165) is 17.5 Å². The molecule has 0 atom stereocenters. The van der Waals surface area contributed by atoms with Crippen molar-refractivity contribution in [2.24, 2.45) is 0 Å².